The summed E-state index contributed by atoms with van der Waals surface area (Å²) in [6.45, 7) is 0.194. The Morgan fingerprint density at radius 3 is 2.40 bits per heavy atom. The monoisotopic (exact) mass is 221 g/mol. The molecule has 84 valence electrons. The van der Waals surface area contributed by atoms with Crippen LogP contribution >= 0.6 is 0 Å². The molecule has 1 aromatic rings. The van der Waals surface area contributed by atoms with Gasteiger partial charge in [0.15, 0.2) is 0 Å². The van der Waals surface area contributed by atoms with Crippen molar-refractivity contribution < 1.29 is 17.6 Å². The predicted molar refractivity (Wildman–Crippen MR) is 48.7 cm³/mol. The number of aryl methyl sites for hydroxylation is 1. The van der Waals surface area contributed by atoms with Crippen LogP contribution < -0.4 is 5.73 Å². The fraction of sp³-hybridized carbons (Fsp3) is 0.400. The number of halogens is 4. The topological polar surface area (TPSA) is 26.0 Å². The summed E-state index contributed by atoms with van der Waals surface area (Å²) in [6, 6.07) is 3.99. The highest BCUT2D eigenvalue weighted by molar-refractivity contribution is 5.25. The van der Waals surface area contributed by atoms with Crippen LogP contribution in [0.25, 0.3) is 0 Å². The van der Waals surface area contributed by atoms with Crippen molar-refractivity contribution in [3.8, 4) is 0 Å². The standard InChI is InChI=1S/C10H11F4N/c11-9-2-1-7(6-15)5-8(9)3-4-10(12,13)14/h1-2,5H,3-4,6,15H2. The first-order valence-corrected chi connectivity index (χ1v) is 4.46. The van der Waals surface area contributed by atoms with Gasteiger partial charge in [0.05, 0.1) is 0 Å². The molecule has 0 radical (unpaired) electrons. The van der Waals surface area contributed by atoms with Gasteiger partial charge in [0.1, 0.15) is 5.82 Å². The molecule has 0 atom stereocenters. The van der Waals surface area contributed by atoms with E-state index in [2.05, 4.69) is 0 Å². The highest BCUT2D eigenvalue weighted by Gasteiger charge is 2.26. The van der Waals surface area contributed by atoms with Gasteiger partial charge in [-0.25, -0.2) is 4.39 Å². The van der Waals surface area contributed by atoms with E-state index >= 15 is 0 Å². The Morgan fingerprint density at radius 1 is 1.20 bits per heavy atom. The molecule has 0 saturated carbocycles. The molecule has 2 N–H and O–H groups in total. The maximum absolute atomic E-state index is 13.1. The quantitative estimate of drug-likeness (QED) is 0.780. The van der Waals surface area contributed by atoms with Gasteiger partial charge in [-0.05, 0) is 23.6 Å². The molecule has 0 unspecified atom stereocenters. The van der Waals surface area contributed by atoms with Crippen molar-refractivity contribution >= 4 is 0 Å². The molecule has 0 saturated heterocycles. The van der Waals surface area contributed by atoms with Gasteiger partial charge in [-0.2, -0.15) is 13.2 Å². The zero-order chi connectivity index (χ0) is 11.5. The van der Waals surface area contributed by atoms with Crippen LogP contribution in [0.5, 0.6) is 0 Å². The molecule has 0 heterocycles. The summed E-state index contributed by atoms with van der Waals surface area (Å²) in [5, 5.41) is 0. The largest absolute Gasteiger partial charge is 0.389 e. The van der Waals surface area contributed by atoms with Crippen molar-refractivity contribution in [1.82, 2.24) is 0 Å². The van der Waals surface area contributed by atoms with Crippen LogP contribution in [0.4, 0.5) is 17.6 Å². The molecule has 5 heteroatoms. The lowest BCUT2D eigenvalue weighted by atomic mass is 10.1. The maximum Gasteiger partial charge on any atom is 0.389 e. The van der Waals surface area contributed by atoms with Gasteiger partial charge >= 0.3 is 6.18 Å². The van der Waals surface area contributed by atoms with Crippen LogP contribution in [-0.2, 0) is 13.0 Å². The number of rotatable bonds is 3. The van der Waals surface area contributed by atoms with E-state index in [-0.39, 0.29) is 18.5 Å². The van der Waals surface area contributed by atoms with E-state index < -0.39 is 18.4 Å². The molecule has 0 aliphatic carbocycles. The summed E-state index contributed by atoms with van der Waals surface area (Å²) in [6.07, 6.45) is -5.62. The molecule has 0 aliphatic rings. The molecular formula is C10H11F4N. The Balaban J connectivity index is 2.75. The Labute approximate surface area is 84.9 Å². The van der Waals surface area contributed by atoms with E-state index in [4.69, 9.17) is 5.73 Å². The van der Waals surface area contributed by atoms with Gasteiger partial charge < -0.3 is 5.73 Å². The molecule has 1 aromatic carbocycles. The summed E-state index contributed by atoms with van der Waals surface area (Å²) in [5.74, 6) is -0.614. The molecule has 15 heavy (non-hydrogen) atoms. The minimum absolute atomic E-state index is 0.0651. The van der Waals surface area contributed by atoms with Crippen molar-refractivity contribution in [3.63, 3.8) is 0 Å². The van der Waals surface area contributed by atoms with Gasteiger partial charge in [0.2, 0.25) is 0 Å². The molecular weight excluding hydrogens is 210 g/mol. The zero-order valence-electron chi connectivity index (χ0n) is 7.94. The predicted octanol–water partition coefficient (Wildman–Crippen LogP) is 2.78. The van der Waals surface area contributed by atoms with Crippen LogP contribution in [-0.4, -0.2) is 6.18 Å². The molecule has 0 spiro atoms. The Kier molecular flexibility index (Phi) is 3.68. The Morgan fingerprint density at radius 2 is 1.87 bits per heavy atom. The Bertz CT molecular complexity index is 333. The normalized spacial score (nSPS) is 11.8. The SMILES string of the molecule is NCc1ccc(F)c(CCC(F)(F)F)c1. The van der Waals surface area contributed by atoms with E-state index in [9.17, 15) is 17.6 Å². The second kappa shape index (κ2) is 4.61. The lowest BCUT2D eigenvalue weighted by Gasteiger charge is -2.08. The van der Waals surface area contributed by atoms with E-state index in [1.807, 2.05) is 0 Å². The average molecular weight is 221 g/mol. The van der Waals surface area contributed by atoms with Crippen molar-refractivity contribution in [2.45, 2.75) is 25.6 Å². The summed E-state index contributed by atoms with van der Waals surface area (Å²) >= 11 is 0. The minimum atomic E-state index is -4.26. The lowest BCUT2D eigenvalue weighted by molar-refractivity contribution is -0.134. The molecule has 0 aliphatic heterocycles. The van der Waals surface area contributed by atoms with Crippen molar-refractivity contribution in [2.24, 2.45) is 5.73 Å². The van der Waals surface area contributed by atoms with Crippen LogP contribution in [0.15, 0.2) is 18.2 Å². The van der Waals surface area contributed by atoms with Crippen LogP contribution in [0.2, 0.25) is 0 Å². The second-order valence-corrected chi connectivity index (χ2v) is 3.25. The lowest BCUT2D eigenvalue weighted by Crippen LogP contribution is -2.09. The number of benzene rings is 1. The zero-order valence-corrected chi connectivity index (χ0v) is 7.94. The molecule has 1 rings (SSSR count). The summed E-state index contributed by atoms with van der Waals surface area (Å²) in [4.78, 5) is 0. The van der Waals surface area contributed by atoms with E-state index in [1.165, 1.54) is 12.1 Å². The number of hydrogen-bond donors (Lipinski definition) is 1. The first-order chi connectivity index (χ1) is 6.92. The third kappa shape index (κ3) is 3.87. The molecule has 1 nitrogen and oxygen atoms in total. The minimum Gasteiger partial charge on any atom is -0.326 e. The van der Waals surface area contributed by atoms with E-state index in [1.54, 1.807) is 0 Å². The molecule has 0 bridgehead atoms. The molecule has 0 aromatic heterocycles. The summed E-state index contributed by atoms with van der Waals surface area (Å²) in [5.41, 5.74) is 6.00. The maximum atomic E-state index is 13.1. The highest BCUT2D eigenvalue weighted by Crippen LogP contribution is 2.23. The first-order valence-electron chi connectivity index (χ1n) is 4.46. The second-order valence-electron chi connectivity index (χ2n) is 3.25. The average Bonchev–Trinajstić information content (AvgIpc) is 2.15. The fourth-order valence-electron chi connectivity index (χ4n) is 1.22. The van der Waals surface area contributed by atoms with Crippen LogP contribution in [0.3, 0.4) is 0 Å². The number of nitrogens with two attached hydrogens (primary N) is 1. The van der Waals surface area contributed by atoms with Gasteiger partial charge in [-0.3, -0.25) is 0 Å². The van der Waals surface area contributed by atoms with Gasteiger partial charge in [0.25, 0.3) is 0 Å². The third-order valence-corrected chi connectivity index (χ3v) is 2.02. The highest BCUT2D eigenvalue weighted by atomic mass is 19.4. The molecule has 0 fully saturated rings. The summed E-state index contributed by atoms with van der Waals surface area (Å²) in [7, 11) is 0. The molecule has 0 amide bonds. The fourth-order valence-corrected chi connectivity index (χ4v) is 1.22. The van der Waals surface area contributed by atoms with Crippen molar-refractivity contribution in [2.75, 3.05) is 0 Å². The van der Waals surface area contributed by atoms with Gasteiger partial charge in [-0.1, -0.05) is 12.1 Å². The smallest absolute Gasteiger partial charge is 0.326 e. The van der Waals surface area contributed by atoms with E-state index in [0.717, 1.165) is 6.07 Å². The summed E-state index contributed by atoms with van der Waals surface area (Å²) < 4.78 is 48.8. The van der Waals surface area contributed by atoms with Crippen molar-refractivity contribution in [1.29, 1.82) is 0 Å². The number of hydrogen-bond acceptors (Lipinski definition) is 1. The third-order valence-electron chi connectivity index (χ3n) is 2.02. The van der Waals surface area contributed by atoms with E-state index in [0.29, 0.717) is 5.56 Å². The van der Waals surface area contributed by atoms with Crippen molar-refractivity contribution in [3.05, 3.63) is 35.1 Å². The van der Waals surface area contributed by atoms with Gasteiger partial charge in [0, 0.05) is 13.0 Å². The van der Waals surface area contributed by atoms with Gasteiger partial charge in [-0.15, -0.1) is 0 Å². The Hall–Kier alpha value is -1.10. The first kappa shape index (κ1) is 12.0. The van der Waals surface area contributed by atoms with Crippen LogP contribution in [0.1, 0.15) is 17.5 Å². The number of alkyl halides is 3. The van der Waals surface area contributed by atoms with Crippen LogP contribution in [0, 0.1) is 5.82 Å².